The van der Waals surface area contributed by atoms with Crippen LogP contribution in [0.5, 0.6) is 0 Å². The average molecular weight is 413 g/mol. The van der Waals surface area contributed by atoms with E-state index in [4.69, 9.17) is 14.2 Å². The highest BCUT2D eigenvalue weighted by atomic mass is 16.7. The first-order chi connectivity index (χ1) is 14.4. The second kappa shape index (κ2) is 9.61. The van der Waals surface area contributed by atoms with Crippen molar-refractivity contribution in [1.29, 1.82) is 0 Å². The predicted octanol–water partition coefficient (Wildman–Crippen LogP) is 5.33. The number of hydrogen-bond acceptors (Lipinski definition) is 5. The Morgan fingerprint density at radius 3 is 2.37 bits per heavy atom. The lowest BCUT2D eigenvalue weighted by atomic mass is 9.67. The molecule has 2 aliphatic rings. The second-order valence-corrected chi connectivity index (χ2v) is 8.30. The first kappa shape index (κ1) is 22.3. The molecule has 5 heteroatoms. The van der Waals surface area contributed by atoms with E-state index in [2.05, 4.69) is 39.5 Å². The number of ether oxygens (including phenoxy) is 3. The number of carbonyl (C=O) groups is 2. The fourth-order valence-corrected chi connectivity index (χ4v) is 4.68. The van der Waals surface area contributed by atoms with Gasteiger partial charge in [0.15, 0.2) is 5.78 Å². The Morgan fingerprint density at radius 2 is 1.80 bits per heavy atom. The van der Waals surface area contributed by atoms with Crippen LogP contribution in [-0.2, 0) is 31.8 Å². The van der Waals surface area contributed by atoms with Crippen molar-refractivity contribution >= 4 is 17.5 Å². The van der Waals surface area contributed by atoms with E-state index in [0.717, 1.165) is 42.4 Å². The standard InChI is InChI=1S/C25H32O5/c1-5-10-29-24(27)30-21-16-25(8-11-28-12-9-25)15-20(26)23(21)22-18(6-2)13-17(4)14-19(22)7-3/h5,13-14H,1,6-12,15-16H2,2-4H3. The maximum absolute atomic E-state index is 13.5. The van der Waals surface area contributed by atoms with Crippen molar-refractivity contribution in [3.8, 4) is 0 Å². The fraction of sp³-hybridized carbons (Fsp3) is 0.520. The van der Waals surface area contributed by atoms with Crippen molar-refractivity contribution in [3.63, 3.8) is 0 Å². The molecule has 1 aromatic carbocycles. The number of aryl methyl sites for hydroxylation is 3. The van der Waals surface area contributed by atoms with E-state index in [-0.39, 0.29) is 17.8 Å². The molecule has 0 bridgehead atoms. The summed E-state index contributed by atoms with van der Waals surface area (Å²) in [6, 6.07) is 4.25. The summed E-state index contributed by atoms with van der Waals surface area (Å²) in [7, 11) is 0. The lowest BCUT2D eigenvalue weighted by Gasteiger charge is -2.40. The molecule has 0 amide bonds. The molecule has 0 saturated carbocycles. The van der Waals surface area contributed by atoms with Gasteiger partial charge in [-0.2, -0.15) is 0 Å². The second-order valence-electron chi connectivity index (χ2n) is 8.30. The normalized spacial score (nSPS) is 18.4. The molecular weight excluding hydrogens is 380 g/mol. The minimum absolute atomic E-state index is 0.0444. The van der Waals surface area contributed by atoms with Gasteiger partial charge in [-0.3, -0.25) is 4.79 Å². The number of hydrogen-bond donors (Lipinski definition) is 0. The van der Waals surface area contributed by atoms with Gasteiger partial charge in [0, 0.05) is 26.1 Å². The van der Waals surface area contributed by atoms with E-state index in [1.165, 1.54) is 11.6 Å². The molecule has 30 heavy (non-hydrogen) atoms. The summed E-state index contributed by atoms with van der Waals surface area (Å²) in [5, 5.41) is 0. The minimum atomic E-state index is -0.789. The molecule has 0 radical (unpaired) electrons. The van der Waals surface area contributed by atoms with E-state index in [9.17, 15) is 9.59 Å². The molecule has 1 aliphatic carbocycles. The molecule has 1 heterocycles. The first-order valence-electron chi connectivity index (χ1n) is 10.9. The van der Waals surface area contributed by atoms with E-state index in [1.54, 1.807) is 0 Å². The molecule has 1 aliphatic heterocycles. The SMILES string of the molecule is C=CCOC(=O)OC1=C(c2c(CC)cc(C)cc2CC)C(=O)CC2(CCOCC2)C1. The summed E-state index contributed by atoms with van der Waals surface area (Å²) in [5.74, 6) is 0.485. The van der Waals surface area contributed by atoms with Gasteiger partial charge >= 0.3 is 6.16 Å². The number of benzene rings is 1. The minimum Gasteiger partial charge on any atom is -0.430 e. The monoisotopic (exact) mass is 412 g/mol. The Kier molecular flexibility index (Phi) is 7.14. The highest BCUT2D eigenvalue weighted by Crippen LogP contribution is 2.48. The lowest BCUT2D eigenvalue weighted by Crippen LogP contribution is -2.37. The van der Waals surface area contributed by atoms with Crippen molar-refractivity contribution in [2.45, 2.75) is 59.3 Å². The topological polar surface area (TPSA) is 61.8 Å². The zero-order valence-electron chi connectivity index (χ0n) is 18.3. The Hall–Kier alpha value is -2.40. The molecule has 1 spiro atoms. The summed E-state index contributed by atoms with van der Waals surface area (Å²) in [6.07, 6.45) is 4.88. The van der Waals surface area contributed by atoms with Crippen LogP contribution < -0.4 is 0 Å². The van der Waals surface area contributed by atoms with E-state index >= 15 is 0 Å². The zero-order valence-corrected chi connectivity index (χ0v) is 18.3. The quantitative estimate of drug-likeness (QED) is 0.467. The van der Waals surface area contributed by atoms with Gasteiger partial charge in [0.1, 0.15) is 12.4 Å². The molecule has 0 atom stereocenters. The average Bonchev–Trinajstić information content (AvgIpc) is 2.72. The maximum Gasteiger partial charge on any atom is 0.513 e. The summed E-state index contributed by atoms with van der Waals surface area (Å²) in [5.41, 5.74) is 4.67. The van der Waals surface area contributed by atoms with Gasteiger partial charge in [-0.25, -0.2) is 4.79 Å². The van der Waals surface area contributed by atoms with Crippen LogP contribution >= 0.6 is 0 Å². The summed E-state index contributed by atoms with van der Waals surface area (Å²) in [4.78, 5) is 25.9. The summed E-state index contributed by atoms with van der Waals surface area (Å²) >= 11 is 0. The molecule has 0 unspecified atom stereocenters. The lowest BCUT2D eigenvalue weighted by molar-refractivity contribution is -0.119. The molecule has 0 aromatic heterocycles. The number of allylic oxidation sites excluding steroid dienone is 2. The van der Waals surface area contributed by atoms with Gasteiger partial charge in [-0.05, 0) is 54.7 Å². The Labute approximate surface area is 179 Å². The molecule has 1 aromatic rings. The van der Waals surface area contributed by atoms with Crippen molar-refractivity contribution in [2.24, 2.45) is 5.41 Å². The third-order valence-electron chi connectivity index (χ3n) is 6.17. The van der Waals surface area contributed by atoms with Crippen molar-refractivity contribution in [3.05, 3.63) is 52.8 Å². The third kappa shape index (κ3) is 4.67. The smallest absolute Gasteiger partial charge is 0.430 e. The number of rotatable bonds is 6. The number of Topliss-reactive ketones (excluding diaryl/α,β-unsaturated/α-hetero) is 1. The highest BCUT2D eigenvalue weighted by molar-refractivity contribution is 6.23. The van der Waals surface area contributed by atoms with E-state index < -0.39 is 6.16 Å². The molecule has 5 nitrogen and oxygen atoms in total. The van der Waals surface area contributed by atoms with Crippen LogP contribution in [0.15, 0.2) is 30.5 Å². The van der Waals surface area contributed by atoms with Crippen LogP contribution in [0.4, 0.5) is 4.79 Å². The summed E-state index contributed by atoms with van der Waals surface area (Å²) < 4.78 is 16.3. The van der Waals surface area contributed by atoms with E-state index in [0.29, 0.717) is 37.4 Å². The fourth-order valence-electron chi connectivity index (χ4n) is 4.68. The first-order valence-corrected chi connectivity index (χ1v) is 10.9. The Morgan fingerprint density at radius 1 is 1.17 bits per heavy atom. The van der Waals surface area contributed by atoms with Gasteiger partial charge in [-0.1, -0.05) is 44.2 Å². The maximum atomic E-state index is 13.5. The molecule has 1 saturated heterocycles. The Balaban J connectivity index is 2.13. The van der Waals surface area contributed by atoms with Gasteiger partial charge in [0.2, 0.25) is 0 Å². The predicted molar refractivity (Wildman–Crippen MR) is 116 cm³/mol. The molecule has 162 valence electrons. The van der Waals surface area contributed by atoms with Crippen LogP contribution in [0.2, 0.25) is 0 Å². The Bertz CT molecular complexity index is 833. The zero-order chi connectivity index (χ0) is 21.7. The van der Waals surface area contributed by atoms with Gasteiger partial charge in [0.05, 0.1) is 5.57 Å². The van der Waals surface area contributed by atoms with Gasteiger partial charge in [0.25, 0.3) is 0 Å². The van der Waals surface area contributed by atoms with Crippen LogP contribution in [0.25, 0.3) is 5.57 Å². The molecular formula is C25H32O5. The van der Waals surface area contributed by atoms with Crippen LogP contribution in [-0.4, -0.2) is 31.8 Å². The van der Waals surface area contributed by atoms with Crippen LogP contribution in [0.3, 0.4) is 0 Å². The molecule has 1 fully saturated rings. The number of carbonyl (C=O) groups excluding carboxylic acids is 2. The highest BCUT2D eigenvalue weighted by Gasteiger charge is 2.43. The van der Waals surface area contributed by atoms with Crippen LogP contribution in [0, 0.1) is 12.3 Å². The summed E-state index contributed by atoms with van der Waals surface area (Å²) in [6.45, 7) is 11.1. The van der Waals surface area contributed by atoms with Gasteiger partial charge in [-0.15, -0.1) is 0 Å². The van der Waals surface area contributed by atoms with Crippen LogP contribution in [0.1, 0.15) is 61.8 Å². The largest absolute Gasteiger partial charge is 0.513 e. The number of ketones is 1. The van der Waals surface area contributed by atoms with Gasteiger partial charge < -0.3 is 14.2 Å². The van der Waals surface area contributed by atoms with Crippen molar-refractivity contribution in [2.75, 3.05) is 19.8 Å². The van der Waals surface area contributed by atoms with Crippen molar-refractivity contribution < 1.29 is 23.8 Å². The molecule has 3 rings (SSSR count). The molecule has 0 N–H and O–H groups in total. The van der Waals surface area contributed by atoms with E-state index in [1.807, 2.05) is 0 Å². The van der Waals surface area contributed by atoms with Crippen molar-refractivity contribution in [1.82, 2.24) is 0 Å². The third-order valence-corrected chi connectivity index (χ3v) is 6.17.